The van der Waals surface area contributed by atoms with Crippen LogP contribution in [0.25, 0.3) is 0 Å². The van der Waals surface area contributed by atoms with E-state index in [-0.39, 0.29) is 17.4 Å². The summed E-state index contributed by atoms with van der Waals surface area (Å²) in [6.07, 6.45) is 4.23. The summed E-state index contributed by atoms with van der Waals surface area (Å²) in [5, 5.41) is 3.52. The molecule has 0 bridgehead atoms. The van der Waals surface area contributed by atoms with Crippen LogP contribution in [0.3, 0.4) is 0 Å². The van der Waals surface area contributed by atoms with E-state index >= 15 is 0 Å². The Labute approximate surface area is 92.8 Å². The molecule has 0 saturated heterocycles. The number of primary amides is 1. The van der Waals surface area contributed by atoms with Gasteiger partial charge in [0.2, 0.25) is 5.91 Å². The minimum Gasteiger partial charge on any atom is -0.369 e. The first-order valence-electron chi connectivity index (χ1n) is 5.93. The van der Waals surface area contributed by atoms with Gasteiger partial charge in [-0.15, -0.1) is 0 Å². The van der Waals surface area contributed by atoms with E-state index in [1.54, 1.807) is 0 Å². The molecule has 3 N–H and O–H groups in total. The summed E-state index contributed by atoms with van der Waals surface area (Å²) in [6, 6.07) is 0. The molecule has 1 rings (SSSR count). The first kappa shape index (κ1) is 12.5. The van der Waals surface area contributed by atoms with Crippen LogP contribution in [0.15, 0.2) is 0 Å². The maximum absolute atomic E-state index is 11.0. The number of nitrogens with one attached hydrogen (secondary N) is 1. The van der Waals surface area contributed by atoms with Crippen LogP contribution < -0.4 is 11.1 Å². The largest absolute Gasteiger partial charge is 0.369 e. The number of carbonyl (C=O) groups is 1. The minimum absolute atomic E-state index is 0.114. The molecule has 0 unspecified atom stereocenters. The van der Waals surface area contributed by atoms with Gasteiger partial charge in [0, 0.05) is 11.5 Å². The molecule has 3 nitrogen and oxygen atoms in total. The van der Waals surface area contributed by atoms with E-state index in [4.69, 9.17) is 5.73 Å². The average molecular weight is 212 g/mol. The zero-order valence-electron chi connectivity index (χ0n) is 10.2. The lowest BCUT2D eigenvalue weighted by molar-refractivity contribution is -0.122. The molecule has 0 aromatic carbocycles. The van der Waals surface area contributed by atoms with Gasteiger partial charge in [0.05, 0.1) is 0 Å². The van der Waals surface area contributed by atoms with Crippen molar-refractivity contribution in [2.75, 3.05) is 6.54 Å². The second kappa shape index (κ2) is 4.97. The number of amides is 1. The van der Waals surface area contributed by atoms with Crippen molar-refractivity contribution >= 4 is 5.91 Å². The van der Waals surface area contributed by atoms with E-state index in [1.165, 1.54) is 0 Å². The Hall–Kier alpha value is -0.570. The monoisotopic (exact) mass is 212 g/mol. The van der Waals surface area contributed by atoms with E-state index in [0.717, 1.165) is 38.1 Å². The summed E-state index contributed by atoms with van der Waals surface area (Å²) >= 11 is 0. The molecule has 0 aliphatic heterocycles. The number of nitrogens with two attached hydrogens (primary N) is 1. The Bertz CT molecular complexity index is 212. The summed E-state index contributed by atoms with van der Waals surface area (Å²) in [5.41, 5.74) is 5.50. The minimum atomic E-state index is -0.114. The summed E-state index contributed by atoms with van der Waals surface area (Å²) in [4.78, 5) is 11.0. The van der Waals surface area contributed by atoms with Crippen LogP contribution in [0.5, 0.6) is 0 Å². The number of carbonyl (C=O) groups excluding carboxylic acids is 1. The van der Waals surface area contributed by atoms with Crippen LogP contribution in [-0.2, 0) is 4.79 Å². The van der Waals surface area contributed by atoms with Gasteiger partial charge in [0.1, 0.15) is 0 Å². The molecular weight excluding hydrogens is 188 g/mol. The molecule has 88 valence electrons. The fraction of sp³-hybridized carbons (Fsp3) is 0.917. The van der Waals surface area contributed by atoms with Gasteiger partial charge < -0.3 is 11.1 Å². The van der Waals surface area contributed by atoms with Crippen LogP contribution in [0, 0.1) is 11.8 Å². The Balaban J connectivity index is 2.23. The molecule has 0 aromatic heterocycles. The van der Waals surface area contributed by atoms with Crippen molar-refractivity contribution in [1.29, 1.82) is 0 Å². The molecule has 1 saturated carbocycles. The maximum atomic E-state index is 11.0. The Morgan fingerprint density at radius 1 is 1.27 bits per heavy atom. The summed E-state index contributed by atoms with van der Waals surface area (Å²) in [5.74, 6) is 0.743. The van der Waals surface area contributed by atoms with Crippen LogP contribution in [0.4, 0.5) is 0 Å². The first-order chi connectivity index (χ1) is 6.88. The SMILES string of the molecule is CC(C)(C)NC[C@H]1CC[C@H](C(N)=O)CC1. The van der Waals surface area contributed by atoms with E-state index < -0.39 is 0 Å². The molecule has 0 atom stereocenters. The first-order valence-corrected chi connectivity index (χ1v) is 5.93. The van der Waals surface area contributed by atoms with Gasteiger partial charge in [-0.05, 0) is 58.9 Å². The quantitative estimate of drug-likeness (QED) is 0.747. The van der Waals surface area contributed by atoms with E-state index in [0.29, 0.717) is 0 Å². The lowest BCUT2D eigenvalue weighted by atomic mass is 9.81. The van der Waals surface area contributed by atoms with Gasteiger partial charge in [0.25, 0.3) is 0 Å². The lowest BCUT2D eigenvalue weighted by Gasteiger charge is -2.30. The van der Waals surface area contributed by atoms with Crippen molar-refractivity contribution < 1.29 is 4.79 Å². The molecule has 1 fully saturated rings. The number of rotatable bonds is 3. The highest BCUT2D eigenvalue weighted by molar-refractivity contribution is 5.76. The fourth-order valence-electron chi connectivity index (χ4n) is 2.10. The smallest absolute Gasteiger partial charge is 0.220 e. The second-order valence-corrected chi connectivity index (χ2v) is 5.75. The van der Waals surface area contributed by atoms with Crippen molar-refractivity contribution in [2.45, 2.75) is 52.0 Å². The molecule has 0 aromatic rings. The normalized spacial score (nSPS) is 27.7. The topological polar surface area (TPSA) is 55.1 Å². The standard InChI is InChI=1S/C12H24N2O/c1-12(2,3)14-8-9-4-6-10(7-5-9)11(13)15/h9-10,14H,4-8H2,1-3H3,(H2,13,15)/t9-,10-. The van der Waals surface area contributed by atoms with Gasteiger partial charge >= 0.3 is 0 Å². The third kappa shape index (κ3) is 4.65. The van der Waals surface area contributed by atoms with Crippen LogP contribution >= 0.6 is 0 Å². The van der Waals surface area contributed by atoms with E-state index in [2.05, 4.69) is 26.1 Å². The Morgan fingerprint density at radius 2 is 1.80 bits per heavy atom. The molecule has 0 spiro atoms. The summed E-state index contributed by atoms with van der Waals surface area (Å²) in [7, 11) is 0. The molecule has 0 heterocycles. The van der Waals surface area contributed by atoms with Crippen molar-refractivity contribution in [3.05, 3.63) is 0 Å². The third-order valence-corrected chi connectivity index (χ3v) is 3.17. The fourth-order valence-corrected chi connectivity index (χ4v) is 2.10. The molecule has 1 aliphatic rings. The van der Waals surface area contributed by atoms with Gasteiger partial charge in [0.15, 0.2) is 0 Å². The highest BCUT2D eigenvalue weighted by Crippen LogP contribution is 2.28. The van der Waals surface area contributed by atoms with Crippen molar-refractivity contribution in [3.63, 3.8) is 0 Å². The second-order valence-electron chi connectivity index (χ2n) is 5.75. The average Bonchev–Trinajstić information content (AvgIpc) is 2.14. The summed E-state index contributed by atoms with van der Waals surface area (Å²) < 4.78 is 0. The predicted octanol–water partition coefficient (Wildman–Crippen LogP) is 1.67. The number of hydrogen-bond donors (Lipinski definition) is 2. The molecule has 1 amide bonds. The maximum Gasteiger partial charge on any atom is 0.220 e. The van der Waals surface area contributed by atoms with E-state index in [9.17, 15) is 4.79 Å². The van der Waals surface area contributed by atoms with Gasteiger partial charge in [-0.25, -0.2) is 0 Å². The molecule has 1 aliphatic carbocycles. The molecular formula is C12H24N2O. The molecule has 0 radical (unpaired) electrons. The van der Waals surface area contributed by atoms with Gasteiger partial charge in [-0.3, -0.25) is 4.79 Å². The van der Waals surface area contributed by atoms with Crippen molar-refractivity contribution in [3.8, 4) is 0 Å². The Kier molecular flexibility index (Phi) is 4.14. The zero-order chi connectivity index (χ0) is 11.5. The van der Waals surface area contributed by atoms with Crippen molar-refractivity contribution in [1.82, 2.24) is 5.32 Å². The van der Waals surface area contributed by atoms with Crippen LogP contribution in [0.1, 0.15) is 46.5 Å². The lowest BCUT2D eigenvalue weighted by Crippen LogP contribution is -2.40. The molecule has 15 heavy (non-hydrogen) atoms. The van der Waals surface area contributed by atoms with Gasteiger partial charge in [-0.1, -0.05) is 0 Å². The van der Waals surface area contributed by atoms with Crippen molar-refractivity contribution in [2.24, 2.45) is 17.6 Å². The zero-order valence-corrected chi connectivity index (χ0v) is 10.2. The van der Waals surface area contributed by atoms with Crippen LogP contribution in [0.2, 0.25) is 0 Å². The van der Waals surface area contributed by atoms with Crippen LogP contribution in [-0.4, -0.2) is 18.0 Å². The Morgan fingerprint density at radius 3 is 2.20 bits per heavy atom. The third-order valence-electron chi connectivity index (χ3n) is 3.17. The highest BCUT2D eigenvalue weighted by Gasteiger charge is 2.25. The molecule has 3 heteroatoms. The predicted molar refractivity (Wildman–Crippen MR) is 62.4 cm³/mol. The highest BCUT2D eigenvalue weighted by atomic mass is 16.1. The van der Waals surface area contributed by atoms with E-state index in [1.807, 2.05) is 0 Å². The van der Waals surface area contributed by atoms with Gasteiger partial charge in [-0.2, -0.15) is 0 Å². The number of hydrogen-bond acceptors (Lipinski definition) is 2. The summed E-state index contributed by atoms with van der Waals surface area (Å²) in [6.45, 7) is 7.61.